The largest absolute Gasteiger partial charge is 0.316 e. The Hall–Kier alpha value is -0.0400. The first-order chi connectivity index (χ1) is 6.10. The molecule has 0 aliphatic carbocycles. The second-order valence-electron chi connectivity index (χ2n) is 4.49. The molecule has 1 nitrogen and oxygen atoms in total. The van der Waals surface area contributed by atoms with Gasteiger partial charge in [-0.05, 0) is 30.7 Å². The van der Waals surface area contributed by atoms with Crippen molar-refractivity contribution in [3.8, 4) is 0 Å². The standard InChI is InChI=1S/C12H27N/c1-6-9-13-10-12(5,8-3)11(4)7-2/h11,13H,6-10H2,1-5H3. The van der Waals surface area contributed by atoms with Gasteiger partial charge >= 0.3 is 0 Å². The number of nitrogens with one attached hydrogen (secondary N) is 1. The van der Waals surface area contributed by atoms with Gasteiger partial charge in [0.15, 0.2) is 0 Å². The van der Waals surface area contributed by atoms with Gasteiger partial charge in [0.1, 0.15) is 0 Å². The lowest BCUT2D eigenvalue weighted by molar-refractivity contribution is 0.180. The Morgan fingerprint density at radius 3 is 2.23 bits per heavy atom. The highest BCUT2D eigenvalue weighted by Crippen LogP contribution is 2.32. The lowest BCUT2D eigenvalue weighted by Gasteiger charge is -2.34. The zero-order valence-electron chi connectivity index (χ0n) is 10.1. The lowest BCUT2D eigenvalue weighted by atomic mass is 9.74. The highest BCUT2D eigenvalue weighted by Gasteiger charge is 2.27. The van der Waals surface area contributed by atoms with Crippen LogP contribution < -0.4 is 5.32 Å². The van der Waals surface area contributed by atoms with E-state index in [4.69, 9.17) is 0 Å². The summed E-state index contributed by atoms with van der Waals surface area (Å²) < 4.78 is 0. The van der Waals surface area contributed by atoms with E-state index in [1.54, 1.807) is 0 Å². The summed E-state index contributed by atoms with van der Waals surface area (Å²) in [6.45, 7) is 13.9. The van der Waals surface area contributed by atoms with Crippen molar-refractivity contribution < 1.29 is 0 Å². The maximum atomic E-state index is 3.54. The third kappa shape index (κ3) is 4.12. The molecule has 0 fully saturated rings. The van der Waals surface area contributed by atoms with Gasteiger partial charge in [-0.25, -0.2) is 0 Å². The summed E-state index contributed by atoms with van der Waals surface area (Å²) in [4.78, 5) is 0. The number of hydrogen-bond donors (Lipinski definition) is 1. The second-order valence-corrected chi connectivity index (χ2v) is 4.49. The van der Waals surface area contributed by atoms with Crippen LogP contribution in [0.4, 0.5) is 0 Å². The van der Waals surface area contributed by atoms with Crippen molar-refractivity contribution in [1.29, 1.82) is 0 Å². The van der Waals surface area contributed by atoms with E-state index in [9.17, 15) is 0 Å². The van der Waals surface area contributed by atoms with Gasteiger partial charge in [0.2, 0.25) is 0 Å². The lowest BCUT2D eigenvalue weighted by Crippen LogP contribution is -2.36. The SMILES string of the molecule is CCCNCC(C)(CC)C(C)CC. The summed E-state index contributed by atoms with van der Waals surface area (Å²) in [5, 5.41) is 3.54. The fraction of sp³-hybridized carbons (Fsp3) is 1.00. The van der Waals surface area contributed by atoms with Crippen LogP contribution >= 0.6 is 0 Å². The van der Waals surface area contributed by atoms with Gasteiger partial charge in [-0.15, -0.1) is 0 Å². The Labute approximate surface area is 84.3 Å². The molecule has 0 aliphatic rings. The molecule has 0 spiro atoms. The first-order valence-corrected chi connectivity index (χ1v) is 5.81. The predicted molar refractivity (Wildman–Crippen MR) is 61.0 cm³/mol. The molecule has 0 radical (unpaired) electrons. The van der Waals surface area contributed by atoms with Crippen molar-refractivity contribution in [3.63, 3.8) is 0 Å². The zero-order valence-corrected chi connectivity index (χ0v) is 10.1. The Balaban J connectivity index is 3.95. The fourth-order valence-electron chi connectivity index (χ4n) is 1.69. The van der Waals surface area contributed by atoms with E-state index in [0.29, 0.717) is 5.41 Å². The van der Waals surface area contributed by atoms with Crippen molar-refractivity contribution >= 4 is 0 Å². The topological polar surface area (TPSA) is 12.0 Å². The molecule has 0 bridgehead atoms. The van der Waals surface area contributed by atoms with Crippen molar-refractivity contribution in [2.75, 3.05) is 13.1 Å². The highest BCUT2D eigenvalue weighted by molar-refractivity contribution is 4.80. The van der Waals surface area contributed by atoms with E-state index >= 15 is 0 Å². The van der Waals surface area contributed by atoms with Crippen LogP contribution in [0.5, 0.6) is 0 Å². The third-order valence-electron chi connectivity index (χ3n) is 3.57. The molecule has 0 aromatic carbocycles. The van der Waals surface area contributed by atoms with E-state index in [2.05, 4.69) is 39.9 Å². The van der Waals surface area contributed by atoms with E-state index < -0.39 is 0 Å². The van der Waals surface area contributed by atoms with Crippen LogP contribution in [0.25, 0.3) is 0 Å². The summed E-state index contributed by atoms with van der Waals surface area (Å²) in [6, 6.07) is 0. The Bertz CT molecular complexity index is 122. The normalized spacial score (nSPS) is 18.2. The minimum atomic E-state index is 0.490. The molecule has 0 heterocycles. The molecule has 1 N–H and O–H groups in total. The van der Waals surface area contributed by atoms with Crippen LogP contribution in [0.2, 0.25) is 0 Å². The molecule has 2 atom stereocenters. The quantitative estimate of drug-likeness (QED) is 0.599. The second kappa shape index (κ2) is 6.42. The zero-order chi connectivity index (χ0) is 10.3. The number of rotatable bonds is 7. The summed E-state index contributed by atoms with van der Waals surface area (Å²) in [7, 11) is 0. The summed E-state index contributed by atoms with van der Waals surface area (Å²) >= 11 is 0. The first-order valence-electron chi connectivity index (χ1n) is 5.81. The average molecular weight is 185 g/mol. The van der Waals surface area contributed by atoms with E-state index in [1.165, 1.54) is 25.8 Å². The Morgan fingerprint density at radius 2 is 1.85 bits per heavy atom. The van der Waals surface area contributed by atoms with Crippen LogP contribution in [-0.4, -0.2) is 13.1 Å². The minimum Gasteiger partial charge on any atom is -0.316 e. The fourth-order valence-corrected chi connectivity index (χ4v) is 1.69. The van der Waals surface area contributed by atoms with Crippen molar-refractivity contribution in [1.82, 2.24) is 5.32 Å². The molecule has 1 heteroatoms. The molecule has 13 heavy (non-hydrogen) atoms. The van der Waals surface area contributed by atoms with Gasteiger partial charge in [0.25, 0.3) is 0 Å². The van der Waals surface area contributed by atoms with Crippen LogP contribution in [0.1, 0.15) is 53.9 Å². The van der Waals surface area contributed by atoms with Crippen LogP contribution in [0.3, 0.4) is 0 Å². The molecule has 0 aromatic heterocycles. The molecule has 0 aromatic rings. The summed E-state index contributed by atoms with van der Waals surface area (Å²) in [5.41, 5.74) is 0.490. The van der Waals surface area contributed by atoms with Gasteiger partial charge in [-0.1, -0.05) is 41.0 Å². The van der Waals surface area contributed by atoms with Gasteiger partial charge in [-0.2, -0.15) is 0 Å². The molecular weight excluding hydrogens is 158 g/mol. The molecule has 0 aliphatic heterocycles. The Morgan fingerprint density at radius 1 is 1.23 bits per heavy atom. The summed E-state index contributed by atoms with van der Waals surface area (Å²) in [6.07, 6.45) is 3.80. The Kier molecular flexibility index (Phi) is 6.40. The molecule has 0 rings (SSSR count). The molecule has 0 saturated carbocycles. The third-order valence-corrected chi connectivity index (χ3v) is 3.57. The van der Waals surface area contributed by atoms with Gasteiger partial charge in [0, 0.05) is 6.54 Å². The van der Waals surface area contributed by atoms with Crippen LogP contribution in [-0.2, 0) is 0 Å². The average Bonchev–Trinajstić information content (AvgIpc) is 2.16. The van der Waals surface area contributed by atoms with Gasteiger partial charge in [-0.3, -0.25) is 0 Å². The maximum absolute atomic E-state index is 3.54. The van der Waals surface area contributed by atoms with Crippen molar-refractivity contribution in [2.24, 2.45) is 11.3 Å². The first kappa shape index (κ1) is 13.0. The minimum absolute atomic E-state index is 0.490. The van der Waals surface area contributed by atoms with E-state index in [1.807, 2.05) is 0 Å². The molecule has 0 saturated heterocycles. The smallest absolute Gasteiger partial charge is 0.000761 e. The number of hydrogen-bond acceptors (Lipinski definition) is 1. The van der Waals surface area contributed by atoms with Crippen LogP contribution in [0, 0.1) is 11.3 Å². The highest BCUT2D eigenvalue weighted by atomic mass is 14.9. The van der Waals surface area contributed by atoms with Gasteiger partial charge in [0.05, 0.1) is 0 Å². The molecular formula is C12H27N. The predicted octanol–water partition coefficient (Wildman–Crippen LogP) is 3.45. The van der Waals surface area contributed by atoms with Crippen molar-refractivity contribution in [3.05, 3.63) is 0 Å². The molecule has 2 unspecified atom stereocenters. The molecule has 80 valence electrons. The van der Waals surface area contributed by atoms with E-state index in [-0.39, 0.29) is 0 Å². The maximum Gasteiger partial charge on any atom is 0.000761 e. The monoisotopic (exact) mass is 185 g/mol. The van der Waals surface area contributed by atoms with Crippen molar-refractivity contribution in [2.45, 2.75) is 53.9 Å². The van der Waals surface area contributed by atoms with Gasteiger partial charge < -0.3 is 5.32 Å². The molecule has 0 amide bonds. The van der Waals surface area contributed by atoms with E-state index in [0.717, 1.165) is 12.5 Å². The summed E-state index contributed by atoms with van der Waals surface area (Å²) in [5.74, 6) is 0.821. The van der Waals surface area contributed by atoms with Crippen LogP contribution in [0.15, 0.2) is 0 Å².